The van der Waals surface area contributed by atoms with E-state index in [4.69, 9.17) is 9.47 Å². The van der Waals surface area contributed by atoms with E-state index in [1.807, 2.05) is 6.26 Å². The largest absolute Gasteiger partial charge is 0.487 e. The van der Waals surface area contributed by atoms with Gasteiger partial charge in [-0.25, -0.2) is 8.78 Å². The van der Waals surface area contributed by atoms with E-state index in [1.54, 1.807) is 18.9 Å². The fourth-order valence-electron chi connectivity index (χ4n) is 1.49. The molecule has 0 saturated heterocycles. The van der Waals surface area contributed by atoms with Crippen LogP contribution in [0.1, 0.15) is 5.56 Å². The predicted molar refractivity (Wildman–Crippen MR) is 73.8 cm³/mol. The number of rotatable bonds is 9. The summed E-state index contributed by atoms with van der Waals surface area (Å²) in [6.07, 6.45) is 1.91. The van der Waals surface area contributed by atoms with Crippen molar-refractivity contribution in [3.63, 3.8) is 0 Å². The fourth-order valence-corrected chi connectivity index (χ4v) is 1.74. The summed E-state index contributed by atoms with van der Waals surface area (Å²) in [6, 6.07) is 2.58. The summed E-state index contributed by atoms with van der Waals surface area (Å²) < 4.78 is 37.3. The van der Waals surface area contributed by atoms with Crippen LogP contribution in [0.2, 0.25) is 0 Å². The van der Waals surface area contributed by atoms with Crippen LogP contribution in [0.4, 0.5) is 8.78 Å². The van der Waals surface area contributed by atoms with E-state index in [0.717, 1.165) is 0 Å². The van der Waals surface area contributed by atoms with Crippen LogP contribution in [0, 0.1) is 11.6 Å². The van der Waals surface area contributed by atoms with Crippen LogP contribution in [0.5, 0.6) is 5.75 Å². The van der Waals surface area contributed by atoms with E-state index in [0.29, 0.717) is 37.6 Å². The summed E-state index contributed by atoms with van der Waals surface area (Å²) in [5.41, 5.74) is 0.545. The average molecular weight is 291 g/mol. The molecule has 1 aromatic rings. The van der Waals surface area contributed by atoms with Gasteiger partial charge >= 0.3 is 0 Å². The van der Waals surface area contributed by atoms with Gasteiger partial charge in [0.25, 0.3) is 0 Å². The zero-order valence-electron chi connectivity index (χ0n) is 11.2. The van der Waals surface area contributed by atoms with E-state index >= 15 is 0 Å². The van der Waals surface area contributed by atoms with Gasteiger partial charge in [-0.2, -0.15) is 11.8 Å². The van der Waals surface area contributed by atoms with E-state index in [9.17, 15) is 8.78 Å². The molecule has 6 heteroatoms. The summed E-state index contributed by atoms with van der Waals surface area (Å²) in [4.78, 5) is 0. The van der Waals surface area contributed by atoms with Crippen molar-refractivity contribution in [2.75, 3.05) is 38.9 Å². The number of hydrogen-bond acceptors (Lipinski definition) is 4. The maximum absolute atomic E-state index is 13.7. The fraction of sp³-hybridized carbons (Fsp3) is 0.538. The topological polar surface area (TPSA) is 30.5 Å². The SMILES string of the molecule is COCCNCc1cc(F)c(OCCSC)c(F)c1. The zero-order chi connectivity index (χ0) is 14.1. The molecular formula is C13H19F2NO2S. The van der Waals surface area contributed by atoms with E-state index in [-0.39, 0.29) is 5.75 Å². The van der Waals surface area contributed by atoms with Crippen molar-refractivity contribution in [3.05, 3.63) is 29.3 Å². The second-order valence-corrected chi connectivity index (χ2v) is 4.89. The first-order chi connectivity index (χ1) is 9.19. The highest BCUT2D eigenvalue weighted by atomic mass is 32.2. The van der Waals surface area contributed by atoms with Crippen molar-refractivity contribution in [1.29, 1.82) is 0 Å². The van der Waals surface area contributed by atoms with Gasteiger partial charge in [0.2, 0.25) is 0 Å². The highest BCUT2D eigenvalue weighted by Crippen LogP contribution is 2.23. The molecule has 1 rings (SSSR count). The minimum atomic E-state index is -0.662. The second-order valence-electron chi connectivity index (χ2n) is 3.90. The molecule has 0 atom stereocenters. The Bertz CT molecular complexity index is 368. The number of methoxy groups -OCH3 is 1. The summed E-state index contributed by atoms with van der Waals surface area (Å²) in [6.45, 7) is 1.87. The molecule has 19 heavy (non-hydrogen) atoms. The predicted octanol–water partition coefficient (Wildman–Crippen LogP) is 2.44. The smallest absolute Gasteiger partial charge is 0.190 e. The van der Waals surface area contributed by atoms with Crippen molar-refractivity contribution in [2.45, 2.75) is 6.54 Å². The lowest BCUT2D eigenvalue weighted by molar-refractivity contribution is 0.199. The molecular weight excluding hydrogens is 272 g/mol. The highest BCUT2D eigenvalue weighted by Gasteiger charge is 2.12. The molecule has 0 saturated carbocycles. The Morgan fingerprint density at radius 2 is 1.89 bits per heavy atom. The number of halogens is 2. The first kappa shape index (κ1) is 16.2. The molecule has 0 spiro atoms. The number of nitrogens with one attached hydrogen (secondary N) is 1. The maximum Gasteiger partial charge on any atom is 0.190 e. The van der Waals surface area contributed by atoms with E-state index in [2.05, 4.69) is 5.32 Å². The number of hydrogen-bond donors (Lipinski definition) is 1. The van der Waals surface area contributed by atoms with Gasteiger partial charge in [-0.1, -0.05) is 0 Å². The molecule has 0 bridgehead atoms. The second kappa shape index (κ2) is 9.12. The average Bonchev–Trinajstić information content (AvgIpc) is 2.38. The van der Waals surface area contributed by atoms with Gasteiger partial charge in [-0.15, -0.1) is 0 Å². The van der Waals surface area contributed by atoms with Crippen LogP contribution in [0.15, 0.2) is 12.1 Å². The summed E-state index contributed by atoms with van der Waals surface area (Å²) in [5, 5.41) is 3.03. The molecule has 108 valence electrons. The lowest BCUT2D eigenvalue weighted by Gasteiger charge is -2.10. The Morgan fingerprint density at radius 1 is 1.21 bits per heavy atom. The molecule has 0 aliphatic rings. The molecule has 0 aromatic heterocycles. The van der Waals surface area contributed by atoms with Gasteiger partial charge in [0.1, 0.15) is 0 Å². The van der Waals surface area contributed by atoms with Crippen molar-refractivity contribution in [2.24, 2.45) is 0 Å². The molecule has 1 aromatic carbocycles. The van der Waals surface area contributed by atoms with Gasteiger partial charge in [-0.05, 0) is 24.0 Å². The van der Waals surface area contributed by atoms with Gasteiger partial charge in [0, 0.05) is 26.0 Å². The minimum Gasteiger partial charge on any atom is -0.487 e. The molecule has 0 radical (unpaired) electrons. The summed E-state index contributed by atoms with van der Waals surface area (Å²) in [7, 11) is 1.60. The highest BCUT2D eigenvalue weighted by molar-refractivity contribution is 7.98. The number of thioether (sulfide) groups is 1. The lowest BCUT2D eigenvalue weighted by Crippen LogP contribution is -2.18. The van der Waals surface area contributed by atoms with Gasteiger partial charge in [0.15, 0.2) is 17.4 Å². The van der Waals surface area contributed by atoms with Crippen LogP contribution in [-0.2, 0) is 11.3 Å². The van der Waals surface area contributed by atoms with Crippen LogP contribution in [-0.4, -0.2) is 38.9 Å². The summed E-state index contributed by atoms with van der Waals surface area (Å²) in [5.74, 6) is -0.928. The maximum atomic E-state index is 13.7. The monoisotopic (exact) mass is 291 g/mol. The molecule has 0 amide bonds. The molecule has 0 aliphatic heterocycles. The molecule has 3 nitrogen and oxygen atoms in total. The minimum absolute atomic E-state index is 0.292. The van der Waals surface area contributed by atoms with Crippen LogP contribution in [0.3, 0.4) is 0 Å². The van der Waals surface area contributed by atoms with Crippen molar-refractivity contribution >= 4 is 11.8 Å². The van der Waals surface area contributed by atoms with Crippen LogP contribution < -0.4 is 10.1 Å². The Kier molecular flexibility index (Phi) is 7.78. The third-order valence-corrected chi connectivity index (χ3v) is 2.98. The first-order valence-corrected chi connectivity index (χ1v) is 7.37. The third kappa shape index (κ3) is 5.76. The van der Waals surface area contributed by atoms with E-state index < -0.39 is 11.6 Å². The summed E-state index contributed by atoms with van der Waals surface area (Å²) >= 11 is 1.56. The third-order valence-electron chi connectivity index (χ3n) is 2.40. The quantitative estimate of drug-likeness (QED) is 0.708. The lowest BCUT2D eigenvalue weighted by atomic mass is 10.2. The molecule has 1 N–H and O–H groups in total. The van der Waals surface area contributed by atoms with Gasteiger partial charge in [-0.3, -0.25) is 0 Å². The standard InChI is InChI=1S/C13H19F2NO2S/c1-17-4-3-16-9-10-7-11(14)13(12(15)8-10)18-5-6-19-2/h7-8,16H,3-6,9H2,1-2H3. The molecule has 0 fully saturated rings. The molecule has 0 unspecified atom stereocenters. The Labute approximate surface area is 116 Å². The first-order valence-electron chi connectivity index (χ1n) is 5.98. The Hall–Kier alpha value is -0.850. The zero-order valence-corrected chi connectivity index (χ0v) is 12.0. The number of benzene rings is 1. The normalized spacial score (nSPS) is 10.7. The Balaban J connectivity index is 2.57. The van der Waals surface area contributed by atoms with Crippen molar-refractivity contribution in [1.82, 2.24) is 5.32 Å². The Morgan fingerprint density at radius 3 is 2.47 bits per heavy atom. The van der Waals surface area contributed by atoms with Crippen LogP contribution >= 0.6 is 11.8 Å². The van der Waals surface area contributed by atoms with Crippen molar-refractivity contribution in [3.8, 4) is 5.75 Å². The molecule has 0 heterocycles. The number of ether oxygens (including phenoxy) is 2. The van der Waals surface area contributed by atoms with E-state index in [1.165, 1.54) is 12.1 Å². The van der Waals surface area contributed by atoms with Gasteiger partial charge in [0.05, 0.1) is 13.2 Å². The van der Waals surface area contributed by atoms with Crippen molar-refractivity contribution < 1.29 is 18.3 Å². The van der Waals surface area contributed by atoms with Gasteiger partial charge < -0.3 is 14.8 Å². The van der Waals surface area contributed by atoms with Crippen LogP contribution in [0.25, 0.3) is 0 Å². The molecule has 0 aliphatic carbocycles.